The number of methoxy groups -OCH3 is 1. The van der Waals surface area contributed by atoms with Crippen molar-refractivity contribution in [3.63, 3.8) is 0 Å². The Kier molecular flexibility index (Phi) is 5.44. The number of benzene rings is 1. The van der Waals surface area contributed by atoms with E-state index in [1.165, 1.54) is 12.1 Å². The topological polar surface area (TPSA) is 86.3 Å². The van der Waals surface area contributed by atoms with Gasteiger partial charge in [0.05, 0.1) is 40.4 Å². The van der Waals surface area contributed by atoms with Crippen molar-refractivity contribution in [2.24, 2.45) is 0 Å². The van der Waals surface area contributed by atoms with Gasteiger partial charge < -0.3 is 20.6 Å². The van der Waals surface area contributed by atoms with Crippen LogP contribution in [0.4, 0.5) is 8.78 Å². The molecular weight excluding hydrogens is 391 g/mol. The molecule has 1 aromatic carbocycles. The second-order valence-corrected chi connectivity index (χ2v) is 6.97. The maximum Gasteiger partial charge on any atom is 1.00 e. The zero-order valence-corrected chi connectivity index (χ0v) is 17.5. The average Bonchev–Trinajstić information content (AvgIpc) is 3.12. The number of halogens is 2. The Bertz CT molecular complexity index is 1010. The van der Waals surface area contributed by atoms with Crippen LogP contribution in [0.3, 0.4) is 0 Å². The van der Waals surface area contributed by atoms with Crippen molar-refractivity contribution in [2.75, 3.05) is 7.11 Å². The molecule has 0 amide bonds. The Hall–Kier alpha value is -1.75. The molecule has 1 N–H and O–H groups in total. The van der Waals surface area contributed by atoms with Crippen LogP contribution < -0.4 is 43.8 Å². The number of imidazole rings is 1. The molecule has 1 aliphatic rings. The standard InChI is InChI=1S/C16H13F2N3O4S.Na.H/c1-8-11(19-4-3-12(8)23-2)7-26(22)15-20-9-5-13-14(6-10(9)21-15)25-16(17,18)24-13;;/h3-6H,7H2,1-2H3,(H,20,21);;/q;+1;-1. The molecule has 11 heteroatoms. The summed E-state index contributed by atoms with van der Waals surface area (Å²) in [6.45, 7) is 1.83. The van der Waals surface area contributed by atoms with Gasteiger partial charge in [0.15, 0.2) is 16.7 Å². The van der Waals surface area contributed by atoms with E-state index >= 15 is 0 Å². The number of hydrogen-bond acceptors (Lipinski definition) is 6. The molecule has 3 heterocycles. The summed E-state index contributed by atoms with van der Waals surface area (Å²) < 4.78 is 52.9. The molecule has 138 valence electrons. The Labute approximate surface area is 178 Å². The molecule has 7 nitrogen and oxygen atoms in total. The molecule has 0 aliphatic carbocycles. The Morgan fingerprint density at radius 3 is 2.74 bits per heavy atom. The van der Waals surface area contributed by atoms with Gasteiger partial charge in [0.1, 0.15) is 5.75 Å². The van der Waals surface area contributed by atoms with Gasteiger partial charge in [-0.05, 0) is 13.0 Å². The number of nitrogens with zero attached hydrogens (tertiary/aromatic N) is 2. The fourth-order valence-corrected chi connectivity index (χ4v) is 3.76. The number of pyridine rings is 1. The number of hydrogen-bond donors (Lipinski definition) is 1. The van der Waals surface area contributed by atoms with Crippen molar-refractivity contribution in [1.82, 2.24) is 15.0 Å². The molecule has 1 unspecified atom stereocenters. The molecule has 0 spiro atoms. The minimum Gasteiger partial charge on any atom is -1.00 e. The first-order valence-corrected chi connectivity index (χ1v) is 8.84. The van der Waals surface area contributed by atoms with E-state index in [2.05, 4.69) is 24.4 Å². The number of H-pyrrole nitrogens is 1. The fourth-order valence-electron chi connectivity index (χ4n) is 2.66. The van der Waals surface area contributed by atoms with Crippen LogP contribution in [-0.4, -0.2) is 32.6 Å². The number of rotatable bonds is 4. The molecule has 3 aromatic rings. The van der Waals surface area contributed by atoms with Crippen molar-refractivity contribution < 1.29 is 58.2 Å². The third-order valence-electron chi connectivity index (χ3n) is 3.95. The van der Waals surface area contributed by atoms with Crippen molar-refractivity contribution in [3.8, 4) is 17.2 Å². The van der Waals surface area contributed by atoms with Crippen LogP contribution in [0.1, 0.15) is 12.7 Å². The van der Waals surface area contributed by atoms with Gasteiger partial charge in [0.2, 0.25) is 0 Å². The molecule has 27 heavy (non-hydrogen) atoms. The zero-order valence-electron chi connectivity index (χ0n) is 15.7. The third kappa shape index (κ3) is 3.79. The van der Waals surface area contributed by atoms with Crippen LogP contribution in [0, 0.1) is 6.92 Å². The van der Waals surface area contributed by atoms with Gasteiger partial charge >= 0.3 is 35.9 Å². The van der Waals surface area contributed by atoms with Gasteiger partial charge in [-0.15, -0.1) is 8.78 Å². The van der Waals surface area contributed by atoms with Crippen molar-refractivity contribution in [3.05, 3.63) is 35.7 Å². The molecule has 0 bridgehead atoms. The first kappa shape index (κ1) is 20.0. The van der Waals surface area contributed by atoms with Gasteiger partial charge in [-0.25, -0.2) is 4.98 Å². The van der Waals surface area contributed by atoms with E-state index in [0.717, 1.165) is 5.56 Å². The maximum absolute atomic E-state index is 13.1. The van der Waals surface area contributed by atoms with E-state index in [-0.39, 0.29) is 53.4 Å². The second-order valence-electron chi connectivity index (χ2n) is 5.60. The molecule has 2 aromatic heterocycles. The molecule has 0 radical (unpaired) electrons. The molecule has 0 fully saturated rings. The van der Waals surface area contributed by atoms with Gasteiger partial charge in [0.25, 0.3) is 0 Å². The minimum absolute atomic E-state index is 0. The number of aromatic nitrogens is 3. The first-order valence-electron chi connectivity index (χ1n) is 7.53. The summed E-state index contributed by atoms with van der Waals surface area (Å²) in [5.74, 6) is 0.571. The zero-order chi connectivity index (χ0) is 18.5. The number of nitrogens with one attached hydrogen (secondary N) is 1. The van der Waals surface area contributed by atoms with E-state index in [0.29, 0.717) is 22.5 Å². The van der Waals surface area contributed by atoms with Gasteiger partial charge in [-0.3, -0.25) is 9.19 Å². The van der Waals surface area contributed by atoms with E-state index < -0.39 is 17.1 Å². The van der Waals surface area contributed by atoms with Crippen LogP contribution in [-0.2, 0) is 16.6 Å². The summed E-state index contributed by atoms with van der Waals surface area (Å²) in [5, 5.41) is 0.208. The van der Waals surface area contributed by atoms with Crippen molar-refractivity contribution in [1.29, 1.82) is 0 Å². The molecule has 0 saturated carbocycles. The van der Waals surface area contributed by atoms with Crippen LogP contribution in [0.15, 0.2) is 29.6 Å². The SMILES string of the molecule is COc1ccnc(CS(=O)c2nc3cc4c(cc3[nH]2)OC(F)(F)O4)c1C.[H-].[Na+]. The fraction of sp³-hybridized carbons (Fsp3) is 0.250. The first-order chi connectivity index (χ1) is 12.4. The summed E-state index contributed by atoms with van der Waals surface area (Å²) >= 11 is 0. The maximum atomic E-state index is 13.1. The van der Waals surface area contributed by atoms with E-state index in [4.69, 9.17) is 4.74 Å². The van der Waals surface area contributed by atoms with E-state index in [1.807, 2.05) is 6.92 Å². The summed E-state index contributed by atoms with van der Waals surface area (Å²) in [4.78, 5) is 11.3. The summed E-state index contributed by atoms with van der Waals surface area (Å²) in [5.41, 5.74) is 2.19. The monoisotopic (exact) mass is 405 g/mol. The minimum atomic E-state index is -3.69. The number of fused-ring (bicyclic) bond motifs is 2. The molecule has 4 rings (SSSR count). The Morgan fingerprint density at radius 2 is 2.04 bits per heavy atom. The van der Waals surface area contributed by atoms with Gasteiger partial charge in [0, 0.05) is 23.9 Å². The number of aromatic amines is 1. The molecule has 1 atom stereocenters. The Balaban J connectivity index is 0.00000140. The van der Waals surface area contributed by atoms with E-state index in [9.17, 15) is 13.0 Å². The number of alkyl halides is 2. The predicted octanol–water partition coefficient (Wildman–Crippen LogP) is 0.0207. The average molecular weight is 405 g/mol. The normalized spacial score (nSPS) is 15.4. The smallest absolute Gasteiger partial charge is 1.00 e. The second kappa shape index (κ2) is 7.34. The van der Waals surface area contributed by atoms with E-state index in [1.54, 1.807) is 19.4 Å². The molecule has 1 aliphatic heterocycles. The van der Waals surface area contributed by atoms with Gasteiger partial charge in [-0.1, -0.05) is 0 Å². The Morgan fingerprint density at radius 1 is 1.33 bits per heavy atom. The largest absolute Gasteiger partial charge is 1.00 e. The summed E-state index contributed by atoms with van der Waals surface area (Å²) in [7, 11) is 0.0363. The number of ether oxygens (including phenoxy) is 3. The third-order valence-corrected chi connectivity index (χ3v) is 5.11. The van der Waals surface area contributed by atoms with Crippen molar-refractivity contribution in [2.45, 2.75) is 24.1 Å². The van der Waals surface area contributed by atoms with Crippen LogP contribution in [0.25, 0.3) is 11.0 Å². The summed E-state index contributed by atoms with van der Waals surface area (Å²) in [6.07, 6.45) is -2.11. The molecule has 0 saturated heterocycles. The molecular formula is C16H14F2N3NaO4S. The predicted molar refractivity (Wildman–Crippen MR) is 89.0 cm³/mol. The van der Waals surface area contributed by atoms with Gasteiger partial charge in [-0.2, -0.15) is 0 Å². The van der Waals surface area contributed by atoms with Crippen LogP contribution in [0.5, 0.6) is 17.2 Å². The summed E-state index contributed by atoms with van der Waals surface area (Å²) in [6, 6.07) is 4.38. The van der Waals surface area contributed by atoms with Crippen LogP contribution >= 0.6 is 0 Å². The van der Waals surface area contributed by atoms with Crippen molar-refractivity contribution >= 4 is 21.8 Å². The quantitative estimate of drug-likeness (QED) is 0.616. The van der Waals surface area contributed by atoms with Crippen LogP contribution in [0.2, 0.25) is 0 Å².